The number of hydrogen-bond donors (Lipinski definition) is 0. The number of halogens is 1. The molecule has 0 heterocycles. The first-order valence-corrected chi connectivity index (χ1v) is 8.36. The van der Waals surface area contributed by atoms with Crippen LogP contribution in [0.1, 0.15) is 50.9 Å². The summed E-state index contributed by atoms with van der Waals surface area (Å²) in [6.07, 6.45) is 2.35. The van der Waals surface area contributed by atoms with Crippen molar-refractivity contribution in [3.05, 3.63) is 34.3 Å². The molecular formula is C17H26BrNO. The van der Waals surface area contributed by atoms with Gasteiger partial charge in [-0.1, -0.05) is 61.7 Å². The Bertz CT molecular complexity index is 412. The molecule has 0 bridgehead atoms. The summed E-state index contributed by atoms with van der Waals surface area (Å²) in [5, 5.41) is 0. The van der Waals surface area contributed by atoms with Crippen molar-refractivity contribution in [3.8, 4) is 0 Å². The minimum absolute atomic E-state index is 0.0539. The summed E-state index contributed by atoms with van der Waals surface area (Å²) in [5.41, 5.74) is 0.795. The maximum Gasteiger partial charge on any atom is 0.179 e. The number of nitrogens with zero attached hydrogens (tertiary/aromatic N) is 1. The molecule has 0 fully saturated rings. The number of Topliss-reactive ketones (excluding diaryl/α,β-unsaturated/α-hetero) is 1. The molecule has 1 aromatic carbocycles. The monoisotopic (exact) mass is 339 g/mol. The molecule has 1 aromatic rings. The van der Waals surface area contributed by atoms with Gasteiger partial charge in [-0.2, -0.15) is 0 Å². The van der Waals surface area contributed by atoms with E-state index >= 15 is 0 Å². The number of ketones is 1. The lowest BCUT2D eigenvalue weighted by molar-refractivity contribution is 0.0819. The van der Waals surface area contributed by atoms with Gasteiger partial charge in [-0.05, 0) is 31.5 Å². The first kappa shape index (κ1) is 17.4. The van der Waals surface area contributed by atoms with Crippen LogP contribution < -0.4 is 0 Å². The third-order valence-electron chi connectivity index (χ3n) is 4.11. The Morgan fingerprint density at radius 1 is 1.15 bits per heavy atom. The van der Waals surface area contributed by atoms with Crippen molar-refractivity contribution in [2.45, 2.75) is 46.6 Å². The average molecular weight is 340 g/mol. The lowest BCUT2D eigenvalue weighted by atomic mass is 9.99. The summed E-state index contributed by atoms with van der Waals surface area (Å²) >= 11 is 3.40. The zero-order chi connectivity index (χ0) is 15.1. The highest BCUT2D eigenvalue weighted by atomic mass is 79.9. The summed E-state index contributed by atoms with van der Waals surface area (Å²) < 4.78 is 1.01. The molecule has 1 atom stereocenters. The quantitative estimate of drug-likeness (QED) is 0.635. The number of carbonyl (C=O) groups is 1. The smallest absolute Gasteiger partial charge is 0.179 e. The fourth-order valence-electron chi connectivity index (χ4n) is 2.46. The molecule has 0 amide bonds. The maximum absolute atomic E-state index is 12.6. The van der Waals surface area contributed by atoms with Gasteiger partial charge < -0.3 is 0 Å². The Balaban J connectivity index is 2.77. The normalized spacial score (nSPS) is 12.9. The van der Waals surface area contributed by atoms with E-state index in [-0.39, 0.29) is 11.8 Å². The Morgan fingerprint density at radius 2 is 1.70 bits per heavy atom. The molecule has 0 aliphatic heterocycles. The number of likely N-dealkylation sites (N-methyl/N-ethyl adjacent to an activating group) is 1. The predicted molar refractivity (Wildman–Crippen MR) is 89.3 cm³/mol. The lowest BCUT2D eigenvalue weighted by Gasteiger charge is -2.30. The van der Waals surface area contributed by atoms with Gasteiger partial charge in [0.15, 0.2) is 5.78 Å². The van der Waals surface area contributed by atoms with Crippen molar-refractivity contribution in [2.75, 3.05) is 13.1 Å². The van der Waals surface area contributed by atoms with Gasteiger partial charge in [0.05, 0.1) is 6.04 Å². The molecule has 112 valence electrons. The van der Waals surface area contributed by atoms with Gasteiger partial charge in [0.25, 0.3) is 0 Å². The van der Waals surface area contributed by atoms with E-state index in [1.807, 2.05) is 31.2 Å². The molecule has 0 aromatic heterocycles. The Hall–Kier alpha value is -0.670. The molecular weight excluding hydrogens is 314 g/mol. The van der Waals surface area contributed by atoms with E-state index in [0.717, 1.165) is 23.1 Å². The third kappa shape index (κ3) is 4.71. The molecule has 1 unspecified atom stereocenters. The van der Waals surface area contributed by atoms with E-state index in [4.69, 9.17) is 0 Å². The Kier molecular flexibility index (Phi) is 7.46. The zero-order valence-electron chi connectivity index (χ0n) is 13.0. The third-order valence-corrected chi connectivity index (χ3v) is 4.64. The molecule has 0 aliphatic rings. The van der Waals surface area contributed by atoms with Gasteiger partial charge in [0.2, 0.25) is 0 Å². The van der Waals surface area contributed by atoms with Crippen LogP contribution in [0.5, 0.6) is 0 Å². The standard InChI is InChI=1S/C17H26BrNO/c1-5-14(6-2)12-19(7-3)13(4)17(20)15-8-10-16(18)11-9-15/h8-11,13-14H,5-7,12H2,1-4H3. The summed E-state index contributed by atoms with van der Waals surface area (Å²) in [5.74, 6) is 0.889. The van der Waals surface area contributed by atoms with Crippen LogP contribution in [0.15, 0.2) is 28.7 Å². The van der Waals surface area contributed by atoms with Gasteiger partial charge in [-0.15, -0.1) is 0 Å². The fourth-order valence-corrected chi connectivity index (χ4v) is 2.73. The van der Waals surface area contributed by atoms with E-state index in [1.54, 1.807) is 0 Å². The van der Waals surface area contributed by atoms with E-state index in [2.05, 4.69) is 41.6 Å². The van der Waals surface area contributed by atoms with Crippen LogP contribution in [-0.4, -0.2) is 29.8 Å². The number of rotatable bonds is 8. The van der Waals surface area contributed by atoms with Gasteiger partial charge in [-0.25, -0.2) is 0 Å². The molecule has 1 rings (SSSR count). The molecule has 0 saturated carbocycles. The van der Waals surface area contributed by atoms with E-state index in [0.29, 0.717) is 5.92 Å². The van der Waals surface area contributed by atoms with E-state index < -0.39 is 0 Å². The van der Waals surface area contributed by atoms with Gasteiger partial charge in [0, 0.05) is 16.6 Å². The number of benzene rings is 1. The second-order valence-corrected chi connectivity index (χ2v) is 6.23. The molecule has 2 nitrogen and oxygen atoms in total. The van der Waals surface area contributed by atoms with E-state index in [1.165, 1.54) is 12.8 Å². The van der Waals surface area contributed by atoms with Crippen molar-refractivity contribution < 1.29 is 4.79 Å². The molecule has 0 spiro atoms. The largest absolute Gasteiger partial charge is 0.294 e. The molecule has 3 heteroatoms. The SMILES string of the molecule is CCC(CC)CN(CC)C(C)C(=O)c1ccc(Br)cc1. The summed E-state index contributed by atoms with van der Waals surface area (Å²) in [6, 6.07) is 7.59. The number of carbonyl (C=O) groups excluding carboxylic acids is 1. The van der Waals surface area contributed by atoms with Crippen LogP contribution in [0.4, 0.5) is 0 Å². The maximum atomic E-state index is 12.6. The predicted octanol–water partition coefficient (Wildman–Crippen LogP) is 4.78. The van der Waals surface area contributed by atoms with E-state index in [9.17, 15) is 4.79 Å². The second kappa shape index (κ2) is 8.58. The molecule has 0 radical (unpaired) electrons. The van der Waals surface area contributed by atoms with Gasteiger partial charge in [-0.3, -0.25) is 9.69 Å². The van der Waals surface area contributed by atoms with Crippen LogP contribution in [0.2, 0.25) is 0 Å². The van der Waals surface area contributed by atoms with Crippen LogP contribution in [0.25, 0.3) is 0 Å². The van der Waals surface area contributed by atoms with Crippen molar-refractivity contribution in [1.82, 2.24) is 4.90 Å². The highest BCUT2D eigenvalue weighted by Gasteiger charge is 2.22. The van der Waals surface area contributed by atoms with Crippen molar-refractivity contribution >= 4 is 21.7 Å². The minimum atomic E-state index is -0.0539. The zero-order valence-corrected chi connectivity index (χ0v) is 14.6. The molecule has 0 aliphatic carbocycles. The second-order valence-electron chi connectivity index (χ2n) is 5.32. The molecule has 0 N–H and O–H groups in total. The van der Waals surface area contributed by atoms with Crippen molar-refractivity contribution in [3.63, 3.8) is 0 Å². The van der Waals surface area contributed by atoms with Crippen molar-refractivity contribution in [1.29, 1.82) is 0 Å². The van der Waals surface area contributed by atoms with Gasteiger partial charge >= 0.3 is 0 Å². The first-order valence-electron chi connectivity index (χ1n) is 7.57. The summed E-state index contributed by atoms with van der Waals surface area (Å²) in [6.45, 7) is 10.5. The topological polar surface area (TPSA) is 20.3 Å². The molecule has 0 saturated heterocycles. The summed E-state index contributed by atoms with van der Waals surface area (Å²) in [4.78, 5) is 14.9. The van der Waals surface area contributed by atoms with Crippen molar-refractivity contribution in [2.24, 2.45) is 5.92 Å². The molecule has 20 heavy (non-hydrogen) atoms. The van der Waals surface area contributed by atoms with Crippen LogP contribution >= 0.6 is 15.9 Å². The summed E-state index contributed by atoms with van der Waals surface area (Å²) in [7, 11) is 0. The average Bonchev–Trinajstić information content (AvgIpc) is 2.48. The van der Waals surface area contributed by atoms with Gasteiger partial charge in [0.1, 0.15) is 0 Å². The Morgan fingerprint density at radius 3 is 2.15 bits per heavy atom. The fraction of sp³-hybridized carbons (Fsp3) is 0.588. The van der Waals surface area contributed by atoms with Crippen LogP contribution in [-0.2, 0) is 0 Å². The first-order chi connectivity index (χ1) is 9.53. The van der Waals surface area contributed by atoms with Crippen LogP contribution in [0, 0.1) is 5.92 Å². The minimum Gasteiger partial charge on any atom is -0.294 e. The highest BCUT2D eigenvalue weighted by molar-refractivity contribution is 9.10. The highest BCUT2D eigenvalue weighted by Crippen LogP contribution is 2.16. The lowest BCUT2D eigenvalue weighted by Crippen LogP contribution is -2.41. The van der Waals surface area contributed by atoms with Crippen LogP contribution in [0.3, 0.4) is 0 Å². The number of hydrogen-bond acceptors (Lipinski definition) is 2. The Labute approximate surface area is 131 Å².